The SMILES string of the molecule is CCC(O)(CC)CNc1cc(Cl)ccc1C. The molecule has 0 spiro atoms. The van der Waals surface area contributed by atoms with Crippen LogP contribution < -0.4 is 5.32 Å². The predicted molar refractivity (Wildman–Crippen MR) is 70.2 cm³/mol. The molecule has 0 fully saturated rings. The van der Waals surface area contributed by atoms with Crippen molar-refractivity contribution < 1.29 is 5.11 Å². The lowest BCUT2D eigenvalue weighted by atomic mass is 9.97. The van der Waals surface area contributed by atoms with Crippen molar-refractivity contribution in [2.24, 2.45) is 0 Å². The molecule has 0 aliphatic rings. The molecule has 0 unspecified atom stereocenters. The van der Waals surface area contributed by atoms with E-state index in [2.05, 4.69) is 5.32 Å². The molecule has 16 heavy (non-hydrogen) atoms. The Bertz CT molecular complexity index is 348. The highest BCUT2D eigenvalue weighted by atomic mass is 35.5. The molecule has 0 atom stereocenters. The summed E-state index contributed by atoms with van der Waals surface area (Å²) in [5.74, 6) is 0. The molecule has 1 aromatic carbocycles. The predicted octanol–water partition coefficient (Wildman–Crippen LogP) is 3.61. The van der Waals surface area contributed by atoms with E-state index in [1.54, 1.807) is 0 Å². The van der Waals surface area contributed by atoms with E-state index >= 15 is 0 Å². The molecule has 1 aromatic rings. The first kappa shape index (κ1) is 13.3. The molecule has 0 aliphatic carbocycles. The Hall–Kier alpha value is -0.730. The summed E-state index contributed by atoms with van der Waals surface area (Å²) in [5, 5.41) is 14.1. The number of nitrogens with one attached hydrogen (secondary N) is 1. The highest BCUT2D eigenvalue weighted by Gasteiger charge is 2.21. The van der Waals surface area contributed by atoms with Gasteiger partial charge in [-0.15, -0.1) is 0 Å². The highest BCUT2D eigenvalue weighted by Crippen LogP contribution is 2.22. The van der Waals surface area contributed by atoms with Crippen LogP contribution in [0.5, 0.6) is 0 Å². The second kappa shape index (κ2) is 5.55. The van der Waals surface area contributed by atoms with Gasteiger partial charge in [-0.05, 0) is 37.5 Å². The maximum absolute atomic E-state index is 10.2. The van der Waals surface area contributed by atoms with Crippen LogP contribution in [-0.4, -0.2) is 17.3 Å². The zero-order valence-electron chi connectivity index (χ0n) is 10.2. The second-order valence-corrected chi connectivity index (χ2v) is 4.68. The summed E-state index contributed by atoms with van der Waals surface area (Å²) in [6.45, 7) is 6.57. The highest BCUT2D eigenvalue weighted by molar-refractivity contribution is 6.30. The van der Waals surface area contributed by atoms with E-state index in [4.69, 9.17) is 11.6 Å². The first-order valence-corrected chi connectivity index (χ1v) is 6.11. The van der Waals surface area contributed by atoms with Crippen LogP contribution >= 0.6 is 11.6 Å². The average molecular weight is 242 g/mol. The summed E-state index contributed by atoms with van der Waals surface area (Å²) in [6.07, 6.45) is 1.49. The maximum atomic E-state index is 10.2. The van der Waals surface area contributed by atoms with Gasteiger partial charge in [-0.3, -0.25) is 0 Å². The molecule has 0 heterocycles. The number of anilines is 1. The Labute approximate surface area is 103 Å². The molecule has 0 aliphatic heterocycles. The first-order valence-electron chi connectivity index (χ1n) is 5.73. The zero-order valence-corrected chi connectivity index (χ0v) is 10.9. The molecule has 0 saturated carbocycles. The third-order valence-electron chi connectivity index (χ3n) is 3.12. The van der Waals surface area contributed by atoms with E-state index in [-0.39, 0.29) is 0 Å². The second-order valence-electron chi connectivity index (χ2n) is 4.24. The summed E-state index contributed by atoms with van der Waals surface area (Å²) in [7, 11) is 0. The zero-order chi connectivity index (χ0) is 12.2. The number of aliphatic hydroxyl groups is 1. The molecule has 0 saturated heterocycles. The van der Waals surface area contributed by atoms with Crippen molar-refractivity contribution in [2.45, 2.75) is 39.2 Å². The average Bonchev–Trinajstić information content (AvgIpc) is 2.30. The number of hydrogen-bond donors (Lipinski definition) is 2. The largest absolute Gasteiger partial charge is 0.388 e. The van der Waals surface area contributed by atoms with Crippen molar-refractivity contribution in [1.82, 2.24) is 0 Å². The fraction of sp³-hybridized carbons (Fsp3) is 0.538. The minimum Gasteiger partial charge on any atom is -0.388 e. The molecule has 3 heteroatoms. The number of hydrogen-bond acceptors (Lipinski definition) is 2. The summed E-state index contributed by atoms with van der Waals surface area (Å²) in [6, 6.07) is 5.73. The lowest BCUT2D eigenvalue weighted by Gasteiger charge is -2.26. The Morgan fingerprint density at radius 1 is 1.31 bits per heavy atom. The van der Waals surface area contributed by atoms with Crippen LogP contribution in [0.1, 0.15) is 32.3 Å². The van der Waals surface area contributed by atoms with E-state index in [9.17, 15) is 5.11 Å². The molecule has 1 rings (SSSR count). The Morgan fingerprint density at radius 3 is 2.50 bits per heavy atom. The van der Waals surface area contributed by atoms with Gasteiger partial charge in [0.2, 0.25) is 0 Å². The Morgan fingerprint density at radius 2 is 1.94 bits per heavy atom. The van der Waals surface area contributed by atoms with Crippen LogP contribution in [0, 0.1) is 6.92 Å². The monoisotopic (exact) mass is 241 g/mol. The van der Waals surface area contributed by atoms with Crippen molar-refractivity contribution >= 4 is 17.3 Å². The topological polar surface area (TPSA) is 32.3 Å². The van der Waals surface area contributed by atoms with Gasteiger partial charge in [-0.25, -0.2) is 0 Å². The van der Waals surface area contributed by atoms with Gasteiger partial charge in [-0.1, -0.05) is 31.5 Å². The van der Waals surface area contributed by atoms with Crippen LogP contribution in [0.15, 0.2) is 18.2 Å². The maximum Gasteiger partial charge on any atom is 0.0814 e. The molecular weight excluding hydrogens is 222 g/mol. The molecule has 0 bridgehead atoms. The van der Waals surface area contributed by atoms with E-state index < -0.39 is 5.60 Å². The van der Waals surface area contributed by atoms with Crippen LogP contribution in [0.25, 0.3) is 0 Å². The molecule has 2 nitrogen and oxygen atoms in total. The van der Waals surface area contributed by atoms with Gasteiger partial charge in [0.15, 0.2) is 0 Å². The Balaban J connectivity index is 2.70. The number of benzene rings is 1. The molecule has 0 radical (unpaired) electrons. The van der Waals surface area contributed by atoms with Crippen LogP contribution in [-0.2, 0) is 0 Å². The fourth-order valence-corrected chi connectivity index (χ4v) is 1.72. The quantitative estimate of drug-likeness (QED) is 0.826. The lowest BCUT2D eigenvalue weighted by molar-refractivity contribution is 0.0457. The fourth-order valence-electron chi connectivity index (χ4n) is 1.54. The van der Waals surface area contributed by atoms with E-state index in [1.165, 1.54) is 0 Å². The third kappa shape index (κ3) is 3.39. The molecule has 0 aromatic heterocycles. The van der Waals surface area contributed by atoms with Crippen LogP contribution in [0.2, 0.25) is 5.02 Å². The summed E-state index contributed by atoms with van der Waals surface area (Å²) < 4.78 is 0. The van der Waals surface area contributed by atoms with Gasteiger partial charge in [0, 0.05) is 17.3 Å². The van der Waals surface area contributed by atoms with Crippen molar-refractivity contribution in [3.8, 4) is 0 Å². The first-order chi connectivity index (χ1) is 7.50. The minimum atomic E-state index is -0.630. The molecule has 90 valence electrons. The minimum absolute atomic E-state index is 0.557. The molecule has 0 amide bonds. The van der Waals surface area contributed by atoms with Gasteiger partial charge in [0.05, 0.1) is 5.60 Å². The van der Waals surface area contributed by atoms with Crippen LogP contribution in [0.4, 0.5) is 5.69 Å². The van der Waals surface area contributed by atoms with Gasteiger partial charge in [0.25, 0.3) is 0 Å². The van der Waals surface area contributed by atoms with Gasteiger partial charge in [0.1, 0.15) is 0 Å². The Kier molecular flexibility index (Phi) is 4.63. The lowest BCUT2D eigenvalue weighted by Crippen LogP contribution is -2.35. The standard InChI is InChI=1S/C13H20ClNO/c1-4-13(16,5-2)9-15-12-8-11(14)7-6-10(12)3/h6-8,15-16H,4-5,9H2,1-3H3. The van der Waals surface area contributed by atoms with Crippen molar-refractivity contribution in [1.29, 1.82) is 0 Å². The molecular formula is C13H20ClNO. The number of halogens is 1. The van der Waals surface area contributed by atoms with E-state index in [0.717, 1.165) is 24.1 Å². The number of rotatable bonds is 5. The van der Waals surface area contributed by atoms with Crippen molar-refractivity contribution in [3.05, 3.63) is 28.8 Å². The molecule has 2 N–H and O–H groups in total. The van der Waals surface area contributed by atoms with Gasteiger partial charge >= 0.3 is 0 Å². The van der Waals surface area contributed by atoms with E-state index in [1.807, 2.05) is 39.0 Å². The summed E-state index contributed by atoms with van der Waals surface area (Å²) in [4.78, 5) is 0. The summed E-state index contributed by atoms with van der Waals surface area (Å²) >= 11 is 5.93. The third-order valence-corrected chi connectivity index (χ3v) is 3.36. The van der Waals surface area contributed by atoms with Crippen molar-refractivity contribution in [2.75, 3.05) is 11.9 Å². The summed E-state index contributed by atoms with van der Waals surface area (Å²) in [5.41, 5.74) is 1.50. The smallest absolute Gasteiger partial charge is 0.0814 e. The van der Waals surface area contributed by atoms with Gasteiger partial charge in [-0.2, -0.15) is 0 Å². The van der Waals surface area contributed by atoms with E-state index in [0.29, 0.717) is 11.6 Å². The normalized spacial score (nSPS) is 11.6. The van der Waals surface area contributed by atoms with Crippen LogP contribution in [0.3, 0.4) is 0 Å². The van der Waals surface area contributed by atoms with Gasteiger partial charge < -0.3 is 10.4 Å². The van der Waals surface area contributed by atoms with Crippen molar-refractivity contribution in [3.63, 3.8) is 0 Å². The number of aryl methyl sites for hydroxylation is 1.